The van der Waals surface area contributed by atoms with Gasteiger partial charge in [0.15, 0.2) is 11.6 Å². The fraction of sp³-hybridized carbons (Fsp3) is 0.167. The summed E-state index contributed by atoms with van der Waals surface area (Å²) in [6, 6.07) is 7.72. The molecule has 2 aromatic rings. The number of nitrogens with zero attached hydrogens (tertiary/aromatic N) is 2. The number of ether oxygens (including phenoxy) is 1. The molecule has 1 N–H and O–H groups in total. The van der Waals surface area contributed by atoms with E-state index >= 15 is 0 Å². The summed E-state index contributed by atoms with van der Waals surface area (Å²) in [6.45, 7) is 0.730. The first-order chi connectivity index (χ1) is 7.93. The molecule has 3 heterocycles. The van der Waals surface area contributed by atoms with Crippen molar-refractivity contribution in [2.24, 2.45) is 0 Å². The van der Waals surface area contributed by atoms with Gasteiger partial charge in [0.05, 0.1) is 6.54 Å². The molecule has 0 saturated carbocycles. The number of nitrogens with one attached hydrogen (secondary N) is 1. The number of aromatic nitrogens is 2. The molecule has 80 valence electrons. The van der Waals surface area contributed by atoms with Crippen molar-refractivity contribution in [1.29, 1.82) is 0 Å². The number of fused-ring (bicyclic) bond motifs is 1. The zero-order valence-electron chi connectivity index (χ0n) is 8.63. The SMILES string of the molecule is c1cnc2c(c1)OC(c1ccncc1)CN2. The number of pyridine rings is 2. The van der Waals surface area contributed by atoms with Crippen molar-refractivity contribution < 1.29 is 4.74 Å². The van der Waals surface area contributed by atoms with Crippen molar-refractivity contribution in [3.05, 3.63) is 48.4 Å². The van der Waals surface area contributed by atoms with Crippen LogP contribution in [0, 0.1) is 0 Å². The normalized spacial score (nSPS) is 18.1. The molecular weight excluding hydrogens is 202 g/mol. The topological polar surface area (TPSA) is 47.0 Å². The van der Waals surface area contributed by atoms with Crippen LogP contribution in [0.3, 0.4) is 0 Å². The minimum atomic E-state index is 0.0275. The van der Waals surface area contributed by atoms with Gasteiger partial charge in [0.25, 0.3) is 0 Å². The van der Waals surface area contributed by atoms with Gasteiger partial charge in [-0.3, -0.25) is 4.98 Å². The molecule has 16 heavy (non-hydrogen) atoms. The highest BCUT2D eigenvalue weighted by Crippen LogP contribution is 2.31. The quantitative estimate of drug-likeness (QED) is 0.787. The summed E-state index contributed by atoms with van der Waals surface area (Å²) in [6.07, 6.45) is 5.33. The molecule has 0 amide bonds. The Kier molecular flexibility index (Phi) is 2.18. The van der Waals surface area contributed by atoms with Crippen LogP contribution >= 0.6 is 0 Å². The average molecular weight is 213 g/mol. The van der Waals surface area contributed by atoms with Gasteiger partial charge in [0, 0.05) is 18.6 Å². The third-order valence-corrected chi connectivity index (χ3v) is 2.57. The van der Waals surface area contributed by atoms with Crippen LogP contribution in [0.4, 0.5) is 5.82 Å². The molecule has 1 atom stereocenters. The maximum absolute atomic E-state index is 5.87. The lowest BCUT2D eigenvalue weighted by Crippen LogP contribution is -2.24. The Morgan fingerprint density at radius 1 is 1.19 bits per heavy atom. The van der Waals surface area contributed by atoms with E-state index in [4.69, 9.17) is 4.74 Å². The zero-order valence-corrected chi connectivity index (χ0v) is 8.63. The number of hydrogen-bond donors (Lipinski definition) is 1. The molecule has 1 aliphatic heterocycles. The van der Waals surface area contributed by atoms with E-state index in [0.29, 0.717) is 0 Å². The first-order valence-electron chi connectivity index (χ1n) is 5.19. The van der Waals surface area contributed by atoms with E-state index in [-0.39, 0.29) is 6.10 Å². The summed E-state index contributed by atoms with van der Waals surface area (Å²) in [4.78, 5) is 8.20. The van der Waals surface area contributed by atoms with Crippen molar-refractivity contribution in [3.63, 3.8) is 0 Å². The predicted molar refractivity (Wildman–Crippen MR) is 60.3 cm³/mol. The number of anilines is 1. The van der Waals surface area contributed by atoms with E-state index in [9.17, 15) is 0 Å². The summed E-state index contributed by atoms with van der Waals surface area (Å²) >= 11 is 0. The fourth-order valence-corrected chi connectivity index (χ4v) is 1.77. The molecule has 2 aromatic heterocycles. The summed E-state index contributed by atoms with van der Waals surface area (Å²) in [5, 5.41) is 3.25. The molecular formula is C12H11N3O. The van der Waals surface area contributed by atoms with Crippen molar-refractivity contribution in [2.75, 3.05) is 11.9 Å². The van der Waals surface area contributed by atoms with Gasteiger partial charge in [-0.05, 0) is 29.8 Å². The minimum absolute atomic E-state index is 0.0275. The van der Waals surface area contributed by atoms with Crippen LogP contribution in [0.1, 0.15) is 11.7 Å². The third kappa shape index (κ3) is 1.58. The van der Waals surface area contributed by atoms with E-state index < -0.39 is 0 Å². The Hall–Kier alpha value is -2.10. The van der Waals surface area contributed by atoms with Crippen LogP contribution in [-0.2, 0) is 0 Å². The molecule has 0 radical (unpaired) electrons. The third-order valence-electron chi connectivity index (χ3n) is 2.57. The van der Waals surface area contributed by atoms with Crippen LogP contribution in [0.5, 0.6) is 5.75 Å². The van der Waals surface area contributed by atoms with Gasteiger partial charge in [0.2, 0.25) is 0 Å². The van der Waals surface area contributed by atoms with Gasteiger partial charge in [0.1, 0.15) is 6.10 Å². The Bertz CT molecular complexity index is 487. The lowest BCUT2D eigenvalue weighted by molar-refractivity contribution is 0.209. The second-order valence-corrected chi connectivity index (χ2v) is 3.62. The van der Waals surface area contributed by atoms with Crippen LogP contribution in [0.15, 0.2) is 42.9 Å². The van der Waals surface area contributed by atoms with Crippen LogP contribution < -0.4 is 10.1 Å². The molecule has 0 bridgehead atoms. The second-order valence-electron chi connectivity index (χ2n) is 3.62. The highest BCUT2D eigenvalue weighted by atomic mass is 16.5. The molecule has 4 heteroatoms. The zero-order chi connectivity index (χ0) is 10.8. The number of rotatable bonds is 1. The molecule has 0 fully saturated rings. The molecule has 0 aromatic carbocycles. The summed E-state index contributed by atoms with van der Waals surface area (Å²) in [5.74, 6) is 1.61. The van der Waals surface area contributed by atoms with E-state index in [0.717, 1.165) is 23.7 Å². The van der Waals surface area contributed by atoms with E-state index in [1.54, 1.807) is 18.6 Å². The molecule has 4 nitrogen and oxygen atoms in total. The maximum Gasteiger partial charge on any atom is 0.168 e. The molecule has 0 saturated heterocycles. The van der Waals surface area contributed by atoms with E-state index in [1.165, 1.54) is 0 Å². The largest absolute Gasteiger partial charge is 0.480 e. The van der Waals surface area contributed by atoms with Crippen LogP contribution in [-0.4, -0.2) is 16.5 Å². The Morgan fingerprint density at radius 3 is 2.94 bits per heavy atom. The highest BCUT2D eigenvalue weighted by molar-refractivity contribution is 5.51. The summed E-state index contributed by atoms with van der Waals surface area (Å²) in [7, 11) is 0. The predicted octanol–water partition coefficient (Wildman–Crippen LogP) is 2.02. The van der Waals surface area contributed by atoms with Crippen molar-refractivity contribution in [2.45, 2.75) is 6.10 Å². The molecule has 0 spiro atoms. The Balaban J connectivity index is 1.89. The van der Waals surface area contributed by atoms with Crippen molar-refractivity contribution >= 4 is 5.82 Å². The summed E-state index contributed by atoms with van der Waals surface area (Å²) in [5.41, 5.74) is 1.12. The first kappa shape index (κ1) is 9.15. The van der Waals surface area contributed by atoms with Gasteiger partial charge in [-0.25, -0.2) is 4.98 Å². The van der Waals surface area contributed by atoms with Crippen molar-refractivity contribution in [3.8, 4) is 5.75 Å². The second kappa shape index (κ2) is 3.81. The monoisotopic (exact) mass is 213 g/mol. The van der Waals surface area contributed by atoms with Crippen molar-refractivity contribution in [1.82, 2.24) is 9.97 Å². The van der Waals surface area contributed by atoms with E-state index in [2.05, 4.69) is 15.3 Å². The molecule has 0 aliphatic carbocycles. The van der Waals surface area contributed by atoms with Gasteiger partial charge in [-0.2, -0.15) is 0 Å². The van der Waals surface area contributed by atoms with Gasteiger partial charge < -0.3 is 10.1 Å². The first-order valence-corrected chi connectivity index (χ1v) is 5.19. The lowest BCUT2D eigenvalue weighted by atomic mass is 10.1. The molecule has 3 rings (SSSR count). The van der Waals surface area contributed by atoms with Crippen LogP contribution in [0.25, 0.3) is 0 Å². The Labute approximate surface area is 93.3 Å². The minimum Gasteiger partial charge on any atom is -0.480 e. The van der Waals surface area contributed by atoms with Gasteiger partial charge in [-0.1, -0.05) is 0 Å². The molecule has 1 unspecified atom stereocenters. The standard InChI is InChI=1S/C12H11N3O/c1-2-10-12(14-5-1)15-8-11(16-10)9-3-6-13-7-4-9/h1-7,11H,8H2,(H,14,15). The Morgan fingerprint density at radius 2 is 2.06 bits per heavy atom. The van der Waals surface area contributed by atoms with Gasteiger partial charge in [-0.15, -0.1) is 0 Å². The van der Waals surface area contributed by atoms with Crippen LogP contribution in [0.2, 0.25) is 0 Å². The smallest absolute Gasteiger partial charge is 0.168 e. The lowest BCUT2D eigenvalue weighted by Gasteiger charge is -2.26. The van der Waals surface area contributed by atoms with Gasteiger partial charge >= 0.3 is 0 Å². The van der Waals surface area contributed by atoms with E-state index in [1.807, 2.05) is 24.3 Å². The molecule has 1 aliphatic rings. The fourth-order valence-electron chi connectivity index (χ4n) is 1.77. The average Bonchev–Trinajstić information content (AvgIpc) is 2.39. The maximum atomic E-state index is 5.87. The highest BCUT2D eigenvalue weighted by Gasteiger charge is 2.20. The number of hydrogen-bond acceptors (Lipinski definition) is 4. The summed E-state index contributed by atoms with van der Waals surface area (Å²) < 4.78 is 5.87.